The van der Waals surface area contributed by atoms with Crippen LogP contribution in [-0.2, 0) is 0 Å². The van der Waals surface area contributed by atoms with Gasteiger partial charge in [0.05, 0.1) is 0 Å². The molecule has 3 atom stereocenters. The maximum Gasteiger partial charge on any atom is 0.0403 e. The third-order valence-corrected chi connectivity index (χ3v) is 3.15. The van der Waals surface area contributed by atoms with Gasteiger partial charge in [0.1, 0.15) is 0 Å². The Morgan fingerprint density at radius 1 is 1.45 bits per heavy atom. The average Bonchev–Trinajstić information content (AvgIpc) is 1.85. The molecule has 64 valence electrons. The Morgan fingerprint density at radius 2 is 2.09 bits per heavy atom. The first-order valence-corrected chi connectivity index (χ1v) is 4.84. The maximum atomic E-state index is 6.21. The molecule has 0 saturated heterocycles. The second kappa shape index (κ2) is 3.62. The van der Waals surface area contributed by atoms with Gasteiger partial charge in [0.25, 0.3) is 0 Å². The van der Waals surface area contributed by atoms with Crippen LogP contribution in [0.25, 0.3) is 0 Å². The zero-order valence-electron chi connectivity index (χ0n) is 7.44. The molecule has 11 heavy (non-hydrogen) atoms. The topological polar surface area (TPSA) is 0 Å². The zero-order chi connectivity index (χ0) is 8.43. The van der Waals surface area contributed by atoms with Gasteiger partial charge in [0.15, 0.2) is 0 Å². The van der Waals surface area contributed by atoms with E-state index in [-0.39, 0.29) is 0 Å². The van der Waals surface area contributed by atoms with E-state index in [0.29, 0.717) is 11.3 Å². The predicted octanol–water partition coefficient (Wildman–Crippen LogP) is 3.61. The molecule has 0 heterocycles. The van der Waals surface area contributed by atoms with E-state index in [1.807, 2.05) is 0 Å². The SMILES string of the molecule is C=C(C)[C@@H]1CC[C@@H](C)C[C@@H]1Cl. The molecule has 1 saturated carbocycles. The van der Waals surface area contributed by atoms with E-state index in [9.17, 15) is 0 Å². The first-order chi connectivity index (χ1) is 5.11. The van der Waals surface area contributed by atoms with E-state index < -0.39 is 0 Å². The molecular formula is C10H17Cl. The van der Waals surface area contributed by atoms with Gasteiger partial charge in [-0.3, -0.25) is 0 Å². The van der Waals surface area contributed by atoms with Crippen LogP contribution in [0.15, 0.2) is 12.2 Å². The van der Waals surface area contributed by atoms with Crippen molar-refractivity contribution in [1.82, 2.24) is 0 Å². The lowest BCUT2D eigenvalue weighted by molar-refractivity contribution is 0.327. The third kappa shape index (κ3) is 2.23. The van der Waals surface area contributed by atoms with Crippen LogP contribution in [0.1, 0.15) is 33.1 Å². The lowest BCUT2D eigenvalue weighted by atomic mass is 9.80. The maximum absolute atomic E-state index is 6.21. The summed E-state index contributed by atoms with van der Waals surface area (Å²) in [5.41, 5.74) is 1.26. The molecule has 1 aliphatic carbocycles. The van der Waals surface area contributed by atoms with Crippen LogP contribution in [-0.4, -0.2) is 5.38 Å². The number of alkyl halides is 1. The van der Waals surface area contributed by atoms with Gasteiger partial charge in [-0.25, -0.2) is 0 Å². The molecule has 0 bridgehead atoms. The minimum atomic E-state index is 0.344. The van der Waals surface area contributed by atoms with E-state index in [1.54, 1.807) is 0 Å². The quantitative estimate of drug-likeness (QED) is 0.419. The van der Waals surface area contributed by atoms with Crippen LogP contribution in [0.5, 0.6) is 0 Å². The van der Waals surface area contributed by atoms with Gasteiger partial charge in [-0.15, -0.1) is 11.6 Å². The van der Waals surface area contributed by atoms with Crippen LogP contribution in [0.4, 0.5) is 0 Å². The highest BCUT2D eigenvalue weighted by molar-refractivity contribution is 6.21. The van der Waals surface area contributed by atoms with Gasteiger partial charge < -0.3 is 0 Å². The molecule has 0 aromatic heterocycles. The number of rotatable bonds is 1. The molecule has 0 N–H and O–H groups in total. The molecule has 0 amide bonds. The first-order valence-electron chi connectivity index (χ1n) is 4.40. The predicted molar refractivity (Wildman–Crippen MR) is 51.0 cm³/mol. The average molecular weight is 173 g/mol. The Kier molecular flexibility index (Phi) is 3.00. The Hall–Kier alpha value is 0.0300. The van der Waals surface area contributed by atoms with Crippen molar-refractivity contribution in [3.63, 3.8) is 0 Å². The fourth-order valence-corrected chi connectivity index (χ4v) is 2.51. The number of hydrogen-bond acceptors (Lipinski definition) is 0. The van der Waals surface area contributed by atoms with Crippen molar-refractivity contribution < 1.29 is 0 Å². The van der Waals surface area contributed by atoms with E-state index in [4.69, 9.17) is 11.6 Å². The highest BCUT2D eigenvalue weighted by Gasteiger charge is 2.26. The second-order valence-corrected chi connectivity index (χ2v) is 4.45. The number of hydrogen-bond donors (Lipinski definition) is 0. The Bertz CT molecular complexity index is 151. The summed E-state index contributed by atoms with van der Waals surface area (Å²) >= 11 is 6.21. The minimum absolute atomic E-state index is 0.344. The van der Waals surface area contributed by atoms with E-state index in [1.165, 1.54) is 24.8 Å². The summed E-state index contributed by atoms with van der Waals surface area (Å²) in [4.78, 5) is 0. The van der Waals surface area contributed by atoms with Crippen molar-refractivity contribution in [3.05, 3.63) is 12.2 Å². The second-order valence-electron chi connectivity index (χ2n) is 3.89. The van der Waals surface area contributed by atoms with Gasteiger partial charge >= 0.3 is 0 Å². The van der Waals surface area contributed by atoms with Crippen molar-refractivity contribution in [1.29, 1.82) is 0 Å². The standard InChI is InChI=1S/C10H17Cl/c1-7(2)9-5-4-8(3)6-10(9)11/h8-10H,1,4-6H2,2-3H3/t8-,9+,10+/m1/s1. The molecule has 1 rings (SSSR count). The van der Waals surface area contributed by atoms with Crippen molar-refractivity contribution in [2.75, 3.05) is 0 Å². The highest BCUT2D eigenvalue weighted by atomic mass is 35.5. The molecule has 1 heteroatoms. The van der Waals surface area contributed by atoms with Crippen molar-refractivity contribution >= 4 is 11.6 Å². The van der Waals surface area contributed by atoms with Gasteiger partial charge in [-0.05, 0) is 31.6 Å². The van der Waals surface area contributed by atoms with Crippen molar-refractivity contribution in [3.8, 4) is 0 Å². The molecule has 0 unspecified atom stereocenters. The Labute approximate surface area is 74.6 Å². The van der Waals surface area contributed by atoms with Gasteiger partial charge in [-0.1, -0.05) is 25.5 Å². The van der Waals surface area contributed by atoms with Gasteiger partial charge in [-0.2, -0.15) is 0 Å². The lowest BCUT2D eigenvalue weighted by Gasteiger charge is -2.31. The summed E-state index contributed by atoms with van der Waals surface area (Å²) in [7, 11) is 0. The van der Waals surface area contributed by atoms with E-state index >= 15 is 0 Å². The molecule has 0 aromatic rings. The van der Waals surface area contributed by atoms with Crippen molar-refractivity contribution in [2.45, 2.75) is 38.5 Å². The van der Waals surface area contributed by atoms with Crippen LogP contribution in [0.2, 0.25) is 0 Å². The fourth-order valence-electron chi connectivity index (χ4n) is 1.87. The van der Waals surface area contributed by atoms with Crippen molar-refractivity contribution in [2.24, 2.45) is 11.8 Å². The van der Waals surface area contributed by atoms with Gasteiger partial charge in [0.2, 0.25) is 0 Å². The molecule has 1 aliphatic rings. The normalized spacial score (nSPS) is 38.6. The summed E-state index contributed by atoms with van der Waals surface area (Å²) in [6.45, 7) is 8.34. The monoisotopic (exact) mass is 172 g/mol. The molecule has 0 aromatic carbocycles. The summed E-state index contributed by atoms with van der Waals surface area (Å²) in [5, 5.41) is 0.344. The minimum Gasteiger partial charge on any atom is -0.122 e. The third-order valence-electron chi connectivity index (χ3n) is 2.67. The summed E-state index contributed by atoms with van der Waals surface area (Å²) in [6, 6.07) is 0. The molecule has 0 spiro atoms. The molecule has 0 radical (unpaired) electrons. The smallest absolute Gasteiger partial charge is 0.0403 e. The first kappa shape index (κ1) is 9.12. The largest absolute Gasteiger partial charge is 0.122 e. The molecule has 0 aliphatic heterocycles. The van der Waals surface area contributed by atoms with E-state index in [0.717, 1.165) is 5.92 Å². The van der Waals surface area contributed by atoms with Crippen LogP contribution >= 0.6 is 11.6 Å². The molecule has 0 nitrogen and oxygen atoms in total. The van der Waals surface area contributed by atoms with Gasteiger partial charge in [0, 0.05) is 5.38 Å². The van der Waals surface area contributed by atoms with Crippen LogP contribution in [0.3, 0.4) is 0 Å². The Balaban J connectivity index is 2.50. The van der Waals surface area contributed by atoms with Crippen LogP contribution < -0.4 is 0 Å². The summed E-state index contributed by atoms with van der Waals surface area (Å²) < 4.78 is 0. The van der Waals surface area contributed by atoms with E-state index in [2.05, 4.69) is 20.4 Å². The summed E-state index contributed by atoms with van der Waals surface area (Å²) in [6.07, 6.45) is 3.73. The molecule has 1 fully saturated rings. The number of halogens is 1. The Morgan fingerprint density at radius 3 is 2.55 bits per heavy atom. The lowest BCUT2D eigenvalue weighted by Crippen LogP contribution is -2.24. The highest BCUT2D eigenvalue weighted by Crippen LogP contribution is 2.35. The summed E-state index contributed by atoms with van der Waals surface area (Å²) in [5.74, 6) is 1.39. The number of allylic oxidation sites excluding steroid dienone is 1. The zero-order valence-corrected chi connectivity index (χ0v) is 8.19. The fraction of sp³-hybridized carbons (Fsp3) is 0.800. The molecular weight excluding hydrogens is 156 g/mol. The van der Waals surface area contributed by atoms with Crippen LogP contribution in [0, 0.1) is 11.8 Å².